The van der Waals surface area contributed by atoms with E-state index in [4.69, 9.17) is 15.9 Å². The number of hydrogen-bond donors (Lipinski definition) is 2. The van der Waals surface area contributed by atoms with Crippen molar-refractivity contribution in [2.45, 2.75) is 19.4 Å². The van der Waals surface area contributed by atoms with Crippen LogP contribution in [0.25, 0.3) is 0 Å². The average molecular weight is 293 g/mol. The summed E-state index contributed by atoms with van der Waals surface area (Å²) < 4.78 is 31.8. The fourth-order valence-electron chi connectivity index (χ4n) is 1.14. The minimum Gasteiger partial charge on any atom is -0.479 e. The quantitative estimate of drug-likeness (QED) is 0.509. The highest BCUT2D eigenvalue weighted by molar-refractivity contribution is 9.10. The van der Waals surface area contributed by atoms with Crippen molar-refractivity contribution >= 4 is 21.8 Å². The molecule has 0 radical (unpaired) electrons. The molecule has 1 unspecified atom stereocenters. The van der Waals surface area contributed by atoms with Gasteiger partial charge in [-0.1, -0.05) is 22.9 Å². The third-order valence-electron chi connectivity index (χ3n) is 1.95. The first-order valence-corrected chi connectivity index (χ1v) is 5.40. The van der Waals surface area contributed by atoms with Crippen molar-refractivity contribution in [3.63, 3.8) is 0 Å². The van der Waals surface area contributed by atoms with Crippen molar-refractivity contribution in [3.8, 4) is 5.75 Å². The largest absolute Gasteiger partial charge is 0.479 e. The Hall–Kier alpha value is -1.17. The Morgan fingerprint density at radius 1 is 1.56 bits per heavy atom. The van der Waals surface area contributed by atoms with E-state index in [2.05, 4.69) is 15.9 Å². The minimum atomic E-state index is -1.08. The zero-order chi connectivity index (χ0) is 12.3. The van der Waals surface area contributed by atoms with Crippen LogP contribution in [0.5, 0.6) is 5.75 Å². The molecule has 0 bridgehead atoms. The fraction of sp³-hybridized carbons (Fsp3) is 0.300. The van der Waals surface area contributed by atoms with Gasteiger partial charge < -0.3 is 10.5 Å². The molecule has 0 amide bonds. The summed E-state index contributed by atoms with van der Waals surface area (Å²) in [4.78, 5) is 0. The number of rotatable bonds is 4. The Labute approximate surface area is 100 Å². The van der Waals surface area contributed by atoms with Gasteiger partial charge in [-0.25, -0.2) is 4.39 Å². The van der Waals surface area contributed by atoms with E-state index < -0.39 is 17.7 Å². The fourth-order valence-corrected chi connectivity index (χ4v) is 1.55. The number of halogens is 3. The first kappa shape index (κ1) is 12.9. The molecule has 3 N–H and O–H groups in total. The Morgan fingerprint density at radius 2 is 2.19 bits per heavy atom. The second-order valence-corrected chi connectivity index (χ2v) is 4.09. The van der Waals surface area contributed by atoms with E-state index in [-0.39, 0.29) is 11.6 Å². The molecule has 0 spiro atoms. The molecule has 0 heterocycles. The molecule has 0 saturated carbocycles. The molecule has 0 fully saturated rings. The van der Waals surface area contributed by atoms with Gasteiger partial charge in [0.1, 0.15) is 5.84 Å². The SMILES string of the molecule is CCC(Oc1cc(Br)cc(F)c1F)C(=N)N. The van der Waals surface area contributed by atoms with Gasteiger partial charge in [-0.3, -0.25) is 5.41 Å². The van der Waals surface area contributed by atoms with Crippen molar-refractivity contribution in [3.05, 3.63) is 28.2 Å². The maximum absolute atomic E-state index is 13.3. The van der Waals surface area contributed by atoms with E-state index in [1.54, 1.807) is 6.92 Å². The number of ether oxygens (including phenoxy) is 1. The molecule has 1 aromatic carbocycles. The van der Waals surface area contributed by atoms with E-state index in [0.717, 1.165) is 6.07 Å². The second-order valence-electron chi connectivity index (χ2n) is 3.17. The lowest BCUT2D eigenvalue weighted by molar-refractivity contribution is 0.244. The van der Waals surface area contributed by atoms with Gasteiger partial charge in [-0.15, -0.1) is 0 Å². The molecule has 0 saturated heterocycles. The smallest absolute Gasteiger partial charge is 0.200 e. The normalized spacial score (nSPS) is 12.2. The Balaban J connectivity index is 3.00. The summed E-state index contributed by atoms with van der Waals surface area (Å²) in [6.07, 6.45) is -0.341. The number of nitrogens with two attached hydrogens (primary N) is 1. The minimum absolute atomic E-state index is 0.220. The zero-order valence-electron chi connectivity index (χ0n) is 8.56. The van der Waals surface area contributed by atoms with Gasteiger partial charge in [0.25, 0.3) is 0 Å². The highest BCUT2D eigenvalue weighted by atomic mass is 79.9. The van der Waals surface area contributed by atoms with Gasteiger partial charge in [-0.2, -0.15) is 4.39 Å². The highest BCUT2D eigenvalue weighted by Gasteiger charge is 2.17. The van der Waals surface area contributed by atoms with Crippen LogP contribution in [0.2, 0.25) is 0 Å². The van der Waals surface area contributed by atoms with Crippen molar-refractivity contribution in [1.82, 2.24) is 0 Å². The number of hydrogen-bond acceptors (Lipinski definition) is 2. The van der Waals surface area contributed by atoms with Gasteiger partial charge in [0.05, 0.1) is 0 Å². The third kappa shape index (κ3) is 2.91. The Kier molecular flexibility index (Phi) is 4.23. The Bertz CT molecular complexity index is 412. The van der Waals surface area contributed by atoms with Gasteiger partial charge in [0.2, 0.25) is 5.82 Å². The summed E-state index contributed by atoms with van der Waals surface area (Å²) in [5, 5.41) is 7.20. The van der Waals surface area contributed by atoms with Gasteiger partial charge >= 0.3 is 0 Å². The third-order valence-corrected chi connectivity index (χ3v) is 2.40. The molecular weight excluding hydrogens is 282 g/mol. The van der Waals surface area contributed by atoms with Crippen LogP contribution in [0, 0.1) is 17.0 Å². The predicted molar refractivity (Wildman–Crippen MR) is 60.7 cm³/mol. The monoisotopic (exact) mass is 292 g/mol. The zero-order valence-corrected chi connectivity index (χ0v) is 10.1. The van der Waals surface area contributed by atoms with Crippen LogP contribution in [0.15, 0.2) is 16.6 Å². The van der Waals surface area contributed by atoms with Crippen molar-refractivity contribution in [1.29, 1.82) is 5.41 Å². The van der Waals surface area contributed by atoms with Crippen molar-refractivity contribution in [2.24, 2.45) is 5.73 Å². The van der Waals surface area contributed by atoms with Crippen LogP contribution in [0.3, 0.4) is 0 Å². The van der Waals surface area contributed by atoms with E-state index >= 15 is 0 Å². The van der Waals surface area contributed by atoms with E-state index in [9.17, 15) is 8.78 Å². The second kappa shape index (κ2) is 5.25. The highest BCUT2D eigenvalue weighted by Crippen LogP contribution is 2.26. The van der Waals surface area contributed by atoms with Crippen LogP contribution in [0.4, 0.5) is 8.78 Å². The first-order valence-electron chi connectivity index (χ1n) is 4.60. The average Bonchev–Trinajstić information content (AvgIpc) is 2.20. The van der Waals surface area contributed by atoms with Crippen LogP contribution in [0.1, 0.15) is 13.3 Å². The van der Waals surface area contributed by atoms with Crippen molar-refractivity contribution in [2.75, 3.05) is 0 Å². The summed E-state index contributed by atoms with van der Waals surface area (Å²) in [5.74, 6) is -2.57. The lowest BCUT2D eigenvalue weighted by Crippen LogP contribution is -2.32. The molecule has 88 valence electrons. The summed E-state index contributed by atoms with van der Waals surface area (Å²) >= 11 is 3.02. The van der Waals surface area contributed by atoms with Gasteiger partial charge in [-0.05, 0) is 18.6 Å². The standard InChI is InChI=1S/C10H11BrF2N2O/c1-2-7(10(14)15)16-8-4-5(11)3-6(12)9(8)13/h3-4,7H,2H2,1H3,(H3,14,15). The van der Waals surface area contributed by atoms with Crippen LogP contribution in [-0.2, 0) is 0 Å². The number of amidine groups is 1. The topological polar surface area (TPSA) is 59.1 Å². The summed E-state index contributed by atoms with van der Waals surface area (Å²) in [6.45, 7) is 1.73. The number of nitrogens with one attached hydrogen (secondary N) is 1. The van der Waals surface area contributed by atoms with Crippen LogP contribution >= 0.6 is 15.9 Å². The van der Waals surface area contributed by atoms with E-state index in [1.807, 2.05) is 0 Å². The molecule has 16 heavy (non-hydrogen) atoms. The summed E-state index contributed by atoms with van der Waals surface area (Å²) in [7, 11) is 0. The molecule has 1 rings (SSSR count). The number of benzene rings is 1. The summed E-state index contributed by atoms with van der Waals surface area (Å²) in [5.41, 5.74) is 5.25. The molecule has 0 aliphatic rings. The maximum atomic E-state index is 13.3. The molecule has 0 aliphatic heterocycles. The molecule has 6 heteroatoms. The molecule has 0 aromatic heterocycles. The van der Waals surface area contributed by atoms with Crippen LogP contribution < -0.4 is 10.5 Å². The summed E-state index contributed by atoms with van der Waals surface area (Å²) in [6, 6.07) is 2.29. The lowest BCUT2D eigenvalue weighted by Gasteiger charge is -2.16. The lowest BCUT2D eigenvalue weighted by atomic mass is 10.2. The van der Waals surface area contributed by atoms with Gasteiger partial charge in [0, 0.05) is 4.47 Å². The first-order chi connectivity index (χ1) is 7.45. The predicted octanol–water partition coefficient (Wildman–Crippen LogP) is 2.82. The Morgan fingerprint density at radius 3 is 2.69 bits per heavy atom. The molecular formula is C10H11BrF2N2O. The molecule has 1 atom stereocenters. The van der Waals surface area contributed by atoms with Crippen molar-refractivity contribution < 1.29 is 13.5 Å². The molecule has 0 aliphatic carbocycles. The molecule has 3 nitrogen and oxygen atoms in total. The van der Waals surface area contributed by atoms with E-state index in [0.29, 0.717) is 10.9 Å². The van der Waals surface area contributed by atoms with E-state index in [1.165, 1.54) is 6.07 Å². The maximum Gasteiger partial charge on any atom is 0.200 e. The molecule has 1 aromatic rings. The van der Waals surface area contributed by atoms with Gasteiger partial charge in [0.15, 0.2) is 17.7 Å². The van der Waals surface area contributed by atoms with Crippen LogP contribution in [-0.4, -0.2) is 11.9 Å².